The van der Waals surface area contributed by atoms with Crippen LogP contribution in [-0.4, -0.2) is 20.7 Å². The smallest absolute Gasteiger partial charge is 0.321 e. The fourth-order valence-corrected chi connectivity index (χ4v) is 2.51. The normalized spacial score (nSPS) is 11.9. The number of aromatic nitrogens is 3. The molecule has 0 unspecified atom stereocenters. The van der Waals surface area contributed by atoms with Crippen LogP contribution in [0.5, 0.6) is 0 Å². The summed E-state index contributed by atoms with van der Waals surface area (Å²) in [6.07, 6.45) is -1.60. The molecule has 2 heterocycles. The summed E-state index contributed by atoms with van der Waals surface area (Å²) in [4.78, 5) is 16.5. The number of halogens is 3. The molecule has 0 saturated carbocycles. The van der Waals surface area contributed by atoms with E-state index in [4.69, 9.17) is 0 Å². The predicted octanol–water partition coefficient (Wildman–Crippen LogP) is 4.28. The zero-order chi connectivity index (χ0) is 18.2. The Labute approximate surface area is 141 Å². The molecule has 0 spiro atoms. The maximum atomic E-state index is 13.0. The summed E-state index contributed by atoms with van der Waals surface area (Å²) < 4.78 is 40.8. The summed E-state index contributed by atoms with van der Waals surface area (Å²) in [7, 11) is 0. The van der Waals surface area contributed by atoms with Gasteiger partial charge in [-0.15, -0.1) is 0 Å². The summed E-state index contributed by atoms with van der Waals surface area (Å²) in [6.45, 7) is 3.91. The van der Waals surface area contributed by atoms with Crippen molar-refractivity contribution >= 4 is 22.6 Å². The SMILES string of the molecule is CC(C)n1ncc2cc(NC(=O)c3ccccc3C(F)(F)F)cnc21. The van der Waals surface area contributed by atoms with E-state index in [9.17, 15) is 18.0 Å². The number of alkyl halides is 3. The van der Waals surface area contributed by atoms with E-state index in [0.29, 0.717) is 16.7 Å². The summed E-state index contributed by atoms with van der Waals surface area (Å²) in [5, 5.41) is 7.37. The molecule has 3 aromatic rings. The molecule has 8 heteroatoms. The topological polar surface area (TPSA) is 59.8 Å². The minimum atomic E-state index is -4.60. The van der Waals surface area contributed by atoms with Crippen molar-refractivity contribution in [1.82, 2.24) is 14.8 Å². The second kappa shape index (κ2) is 6.19. The van der Waals surface area contributed by atoms with Crippen LogP contribution in [0.4, 0.5) is 18.9 Å². The van der Waals surface area contributed by atoms with Crippen molar-refractivity contribution in [2.45, 2.75) is 26.1 Å². The number of nitrogens with zero attached hydrogens (tertiary/aromatic N) is 3. The van der Waals surface area contributed by atoms with Crippen molar-refractivity contribution in [3.63, 3.8) is 0 Å². The van der Waals surface area contributed by atoms with Crippen LogP contribution >= 0.6 is 0 Å². The Bertz CT molecular complexity index is 931. The lowest BCUT2D eigenvalue weighted by Gasteiger charge is -2.12. The summed E-state index contributed by atoms with van der Waals surface area (Å²) in [5.74, 6) is -0.842. The molecular weight excluding hydrogens is 333 g/mol. The van der Waals surface area contributed by atoms with Gasteiger partial charge in [0, 0.05) is 11.4 Å². The maximum Gasteiger partial charge on any atom is 0.417 e. The third-order valence-electron chi connectivity index (χ3n) is 3.66. The fourth-order valence-electron chi connectivity index (χ4n) is 2.51. The van der Waals surface area contributed by atoms with E-state index in [-0.39, 0.29) is 6.04 Å². The van der Waals surface area contributed by atoms with Gasteiger partial charge in [0.2, 0.25) is 0 Å². The Kier molecular flexibility index (Phi) is 4.20. The van der Waals surface area contributed by atoms with E-state index in [1.54, 1.807) is 16.9 Å². The van der Waals surface area contributed by atoms with Crippen molar-refractivity contribution in [2.24, 2.45) is 0 Å². The molecule has 0 atom stereocenters. The van der Waals surface area contributed by atoms with Crippen LogP contribution in [0.3, 0.4) is 0 Å². The van der Waals surface area contributed by atoms with Crippen LogP contribution < -0.4 is 5.32 Å². The molecule has 25 heavy (non-hydrogen) atoms. The minimum Gasteiger partial charge on any atom is -0.321 e. The third kappa shape index (κ3) is 3.33. The molecular formula is C17H15F3N4O. The first-order valence-electron chi connectivity index (χ1n) is 7.58. The molecule has 0 aliphatic heterocycles. The van der Waals surface area contributed by atoms with Gasteiger partial charge < -0.3 is 5.32 Å². The lowest BCUT2D eigenvalue weighted by Crippen LogP contribution is -2.18. The number of hydrogen-bond acceptors (Lipinski definition) is 3. The molecule has 2 aromatic heterocycles. The largest absolute Gasteiger partial charge is 0.417 e. The first kappa shape index (κ1) is 16.9. The molecule has 3 rings (SSSR count). The van der Waals surface area contributed by atoms with Gasteiger partial charge in [0.05, 0.1) is 29.2 Å². The summed E-state index contributed by atoms with van der Waals surface area (Å²) in [5.41, 5.74) is -0.469. The third-order valence-corrected chi connectivity index (χ3v) is 3.66. The molecule has 0 fully saturated rings. The zero-order valence-electron chi connectivity index (χ0n) is 13.5. The highest BCUT2D eigenvalue weighted by atomic mass is 19.4. The molecule has 0 bridgehead atoms. The van der Waals surface area contributed by atoms with E-state index in [1.165, 1.54) is 18.3 Å². The first-order chi connectivity index (χ1) is 11.8. The van der Waals surface area contributed by atoms with Crippen molar-refractivity contribution in [3.8, 4) is 0 Å². The molecule has 1 N–H and O–H groups in total. The van der Waals surface area contributed by atoms with Crippen LogP contribution in [0.1, 0.15) is 35.8 Å². The number of amides is 1. The monoisotopic (exact) mass is 348 g/mol. The van der Waals surface area contributed by atoms with Crippen molar-refractivity contribution in [2.75, 3.05) is 5.32 Å². The van der Waals surface area contributed by atoms with Gasteiger partial charge in [-0.05, 0) is 32.0 Å². The van der Waals surface area contributed by atoms with Crippen LogP contribution in [-0.2, 0) is 6.18 Å². The Hall–Kier alpha value is -2.90. The van der Waals surface area contributed by atoms with E-state index < -0.39 is 23.2 Å². The standard InChI is InChI=1S/C17H15F3N4O/c1-10(2)24-15-11(8-22-24)7-12(9-21-15)23-16(25)13-5-3-4-6-14(13)17(18,19)20/h3-10H,1-2H3,(H,23,25). The number of benzene rings is 1. The van der Waals surface area contributed by atoms with Crippen molar-refractivity contribution in [3.05, 3.63) is 53.9 Å². The van der Waals surface area contributed by atoms with Crippen LogP contribution in [0.2, 0.25) is 0 Å². The lowest BCUT2D eigenvalue weighted by molar-refractivity contribution is -0.137. The number of carbonyl (C=O) groups excluding carboxylic acids is 1. The number of hydrogen-bond donors (Lipinski definition) is 1. The van der Waals surface area contributed by atoms with E-state index in [2.05, 4.69) is 15.4 Å². The van der Waals surface area contributed by atoms with Gasteiger partial charge in [0.25, 0.3) is 5.91 Å². The first-order valence-corrected chi connectivity index (χ1v) is 7.58. The average molecular weight is 348 g/mol. The number of anilines is 1. The van der Waals surface area contributed by atoms with Gasteiger partial charge in [-0.1, -0.05) is 12.1 Å². The number of pyridine rings is 1. The number of nitrogens with one attached hydrogen (secondary N) is 1. The average Bonchev–Trinajstić information content (AvgIpc) is 2.97. The van der Waals surface area contributed by atoms with Gasteiger partial charge >= 0.3 is 6.18 Å². The highest BCUT2D eigenvalue weighted by molar-refractivity contribution is 6.05. The number of fused-ring (bicyclic) bond motifs is 1. The summed E-state index contributed by atoms with van der Waals surface area (Å²) in [6, 6.07) is 6.39. The molecule has 0 radical (unpaired) electrons. The Morgan fingerprint density at radius 2 is 1.92 bits per heavy atom. The van der Waals surface area contributed by atoms with Gasteiger partial charge in [-0.3, -0.25) is 4.79 Å². The minimum absolute atomic E-state index is 0.115. The van der Waals surface area contributed by atoms with Gasteiger partial charge in [0.15, 0.2) is 5.65 Å². The second-order valence-electron chi connectivity index (χ2n) is 5.82. The lowest BCUT2D eigenvalue weighted by atomic mass is 10.1. The van der Waals surface area contributed by atoms with Gasteiger partial charge in [0.1, 0.15) is 0 Å². The Morgan fingerprint density at radius 1 is 1.20 bits per heavy atom. The summed E-state index contributed by atoms with van der Waals surface area (Å²) >= 11 is 0. The van der Waals surface area contributed by atoms with Crippen LogP contribution in [0.25, 0.3) is 11.0 Å². The van der Waals surface area contributed by atoms with Crippen molar-refractivity contribution in [1.29, 1.82) is 0 Å². The molecule has 0 aliphatic rings. The van der Waals surface area contributed by atoms with Gasteiger partial charge in [-0.2, -0.15) is 18.3 Å². The van der Waals surface area contributed by atoms with E-state index >= 15 is 0 Å². The van der Waals surface area contributed by atoms with Gasteiger partial charge in [-0.25, -0.2) is 9.67 Å². The number of rotatable bonds is 3. The van der Waals surface area contributed by atoms with E-state index in [0.717, 1.165) is 12.1 Å². The van der Waals surface area contributed by atoms with E-state index in [1.807, 2.05) is 13.8 Å². The Balaban J connectivity index is 1.91. The molecule has 0 saturated heterocycles. The van der Waals surface area contributed by atoms with Crippen LogP contribution in [0, 0.1) is 0 Å². The predicted molar refractivity (Wildman–Crippen MR) is 87.3 cm³/mol. The molecule has 1 amide bonds. The molecule has 1 aromatic carbocycles. The highest BCUT2D eigenvalue weighted by Gasteiger charge is 2.34. The molecule has 130 valence electrons. The highest BCUT2D eigenvalue weighted by Crippen LogP contribution is 2.32. The zero-order valence-corrected chi connectivity index (χ0v) is 13.5. The Morgan fingerprint density at radius 3 is 2.60 bits per heavy atom. The fraction of sp³-hybridized carbons (Fsp3) is 0.235. The second-order valence-corrected chi connectivity index (χ2v) is 5.82. The molecule has 0 aliphatic carbocycles. The van der Waals surface area contributed by atoms with Crippen LogP contribution in [0.15, 0.2) is 42.7 Å². The molecule has 5 nitrogen and oxygen atoms in total. The maximum absolute atomic E-state index is 13.0. The van der Waals surface area contributed by atoms with Crippen molar-refractivity contribution < 1.29 is 18.0 Å². The quantitative estimate of drug-likeness (QED) is 0.768. The number of carbonyl (C=O) groups is 1.